The lowest BCUT2D eigenvalue weighted by atomic mass is 10.1. The van der Waals surface area contributed by atoms with Gasteiger partial charge in [-0.05, 0) is 31.5 Å². The van der Waals surface area contributed by atoms with Gasteiger partial charge in [-0.2, -0.15) is 0 Å². The minimum absolute atomic E-state index is 0.100. The van der Waals surface area contributed by atoms with E-state index in [9.17, 15) is 4.39 Å². The fraction of sp³-hybridized carbons (Fsp3) is 0.231. The first-order valence-electron chi connectivity index (χ1n) is 5.45. The summed E-state index contributed by atoms with van der Waals surface area (Å²) in [5, 5.41) is 3.14. The van der Waals surface area contributed by atoms with Crippen LogP contribution in [0.25, 0.3) is 0 Å². The lowest BCUT2D eigenvalue weighted by Crippen LogP contribution is -2.08. The quantitative estimate of drug-likeness (QED) is 0.769. The molecule has 1 aromatic carbocycles. The zero-order valence-corrected chi connectivity index (χ0v) is 12.3. The molecule has 0 saturated heterocycles. The van der Waals surface area contributed by atoms with Crippen LogP contribution in [-0.4, -0.2) is 0 Å². The SMILES string of the molecule is Cc1cccc(F)c1NC(C)c1cc(Cl)sc1Cl. The van der Waals surface area contributed by atoms with Gasteiger partial charge < -0.3 is 5.32 Å². The van der Waals surface area contributed by atoms with E-state index >= 15 is 0 Å². The third-order valence-electron chi connectivity index (χ3n) is 2.73. The number of benzene rings is 1. The summed E-state index contributed by atoms with van der Waals surface area (Å²) in [5.41, 5.74) is 2.25. The first-order chi connectivity index (χ1) is 8.49. The number of rotatable bonds is 3. The number of hydrogen-bond donors (Lipinski definition) is 1. The summed E-state index contributed by atoms with van der Waals surface area (Å²) in [7, 11) is 0. The highest BCUT2D eigenvalue weighted by molar-refractivity contribution is 7.20. The molecule has 0 saturated carbocycles. The molecular formula is C13H12Cl2FNS. The van der Waals surface area contributed by atoms with Crippen molar-refractivity contribution in [2.45, 2.75) is 19.9 Å². The van der Waals surface area contributed by atoms with E-state index in [1.54, 1.807) is 6.07 Å². The molecule has 18 heavy (non-hydrogen) atoms. The number of anilines is 1. The molecule has 0 amide bonds. The summed E-state index contributed by atoms with van der Waals surface area (Å²) in [6.45, 7) is 3.79. The maximum Gasteiger partial charge on any atom is 0.146 e. The van der Waals surface area contributed by atoms with E-state index in [0.29, 0.717) is 14.4 Å². The number of para-hydroxylation sites is 1. The van der Waals surface area contributed by atoms with Crippen LogP contribution >= 0.6 is 34.5 Å². The summed E-state index contributed by atoms with van der Waals surface area (Å²) in [6.07, 6.45) is 0. The third-order valence-corrected chi connectivity index (χ3v) is 4.25. The van der Waals surface area contributed by atoms with E-state index < -0.39 is 0 Å². The van der Waals surface area contributed by atoms with Gasteiger partial charge in [0, 0.05) is 5.56 Å². The molecule has 0 aliphatic heterocycles. The summed E-state index contributed by atoms with van der Waals surface area (Å²) in [4.78, 5) is 0. The molecule has 1 aromatic heterocycles. The molecule has 0 spiro atoms. The Balaban J connectivity index is 2.26. The van der Waals surface area contributed by atoms with Gasteiger partial charge in [0.25, 0.3) is 0 Å². The van der Waals surface area contributed by atoms with Crippen LogP contribution in [0, 0.1) is 12.7 Å². The molecule has 1 unspecified atom stereocenters. The van der Waals surface area contributed by atoms with Gasteiger partial charge in [-0.3, -0.25) is 0 Å². The molecular weight excluding hydrogens is 292 g/mol. The van der Waals surface area contributed by atoms with Crippen LogP contribution in [0.4, 0.5) is 10.1 Å². The van der Waals surface area contributed by atoms with Crippen LogP contribution in [0.3, 0.4) is 0 Å². The largest absolute Gasteiger partial charge is 0.376 e. The monoisotopic (exact) mass is 303 g/mol. The van der Waals surface area contributed by atoms with Crippen molar-refractivity contribution < 1.29 is 4.39 Å². The molecule has 0 bridgehead atoms. The number of thiophene rings is 1. The fourth-order valence-electron chi connectivity index (χ4n) is 1.76. The summed E-state index contributed by atoms with van der Waals surface area (Å²) in [6, 6.07) is 6.69. The van der Waals surface area contributed by atoms with Crippen molar-refractivity contribution in [3.05, 3.63) is 49.9 Å². The highest BCUT2D eigenvalue weighted by Gasteiger charge is 2.15. The van der Waals surface area contributed by atoms with E-state index in [-0.39, 0.29) is 11.9 Å². The molecule has 0 aliphatic rings. The Morgan fingerprint density at radius 1 is 1.33 bits per heavy atom. The smallest absolute Gasteiger partial charge is 0.146 e. The second-order valence-electron chi connectivity index (χ2n) is 4.08. The van der Waals surface area contributed by atoms with Gasteiger partial charge >= 0.3 is 0 Å². The van der Waals surface area contributed by atoms with E-state index in [0.717, 1.165) is 11.1 Å². The summed E-state index contributed by atoms with van der Waals surface area (Å²) in [5.74, 6) is -0.265. The van der Waals surface area contributed by atoms with Crippen LogP contribution in [0.1, 0.15) is 24.1 Å². The Labute approximate surface area is 120 Å². The molecule has 1 heterocycles. The van der Waals surface area contributed by atoms with Crippen molar-refractivity contribution in [3.8, 4) is 0 Å². The topological polar surface area (TPSA) is 12.0 Å². The number of hydrogen-bond acceptors (Lipinski definition) is 2. The maximum absolute atomic E-state index is 13.7. The normalized spacial score (nSPS) is 12.5. The van der Waals surface area contributed by atoms with E-state index in [4.69, 9.17) is 23.2 Å². The minimum Gasteiger partial charge on any atom is -0.376 e. The average Bonchev–Trinajstić information content (AvgIpc) is 2.63. The number of nitrogens with one attached hydrogen (secondary N) is 1. The average molecular weight is 304 g/mol. The maximum atomic E-state index is 13.7. The van der Waals surface area contributed by atoms with Crippen molar-refractivity contribution >= 4 is 40.2 Å². The van der Waals surface area contributed by atoms with E-state index in [1.807, 2.05) is 26.0 Å². The van der Waals surface area contributed by atoms with Crippen molar-refractivity contribution in [1.82, 2.24) is 0 Å². The molecule has 1 N–H and O–H groups in total. The van der Waals surface area contributed by atoms with Crippen molar-refractivity contribution in [2.75, 3.05) is 5.32 Å². The molecule has 5 heteroatoms. The van der Waals surface area contributed by atoms with Gasteiger partial charge in [-0.1, -0.05) is 35.3 Å². The predicted molar refractivity (Wildman–Crippen MR) is 77.5 cm³/mol. The van der Waals surface area contributed by atoms with E-state index in [1.165, 1.54) is 17.4 Å². The molecule has 0 fully saturated rings. The van der Waals surface area contributed by atoms with Gasteiger partial charge in [-0.15, -0.1) is 11.3 Å². The van der Waals surface area contributed by atoms with Gasteiger partial charge in [0.2, 0.25) is 0 Å². The Kier molecular flexibility index (Phi) is 4.15. The summed E-state index contributed by atoms with van der Waals surface area (Å²) < 4.78 is 15.0. The van der Waals surface area contributed by atoms with E-state index in [2.05, 4.69) is 5.32 Å². The Hall–Kier alpha value is -0.770. The van der Waals surface area contributed by atoms with Crippen molar-refractivity contribution in [3.63, 3.8) is 0 Å². The fourth-order valence-corrected chi connectivity index (χ4v) is 3.40. The highest BCUT2D eigenvalue weighted by Crippen LogP contribution is 2.36. The zero-order valence-electron chi connectivity index (χ0n) is 9.93. The van der Waals surface area contributed by atoms with Crippen LogP contribution in [0.5, 0.6) is 0 Å². The highest BCUT2D eigenvalue weighted by atomic mass is 35.5. The Bertz CT molecular complexity index is 548. The number of halogens is 3. The molecule has 1 atom stereocenters. The Morgan fingerprint density at radius 3 is 2.61 bits per heavy atom. The van der Waals surface area contributed by atoms with Crippen LogP contribution in [0.15, 0.2) is 24.3 Å². The van der Waals surface area contributed by atoms with Crippen molar-refractivity contribution in [2.24, 2.45) is 0 Å². The van der Waals surface area contributed by atoms with Crippen LogP contribution in [-0.2, 0) is 0 Å². The standard InChI is InChI=1S/C13H12Cl2FNS/c1-7-4-3-5-10(16)12(7)17-8(2)9-6-11(14)18-13(9)15/h3-6,8,17H,1-2H3. The van der Waals surface area contributed by atoms with Gasteiger partial charge in [0.1, 0.15) is 5.82 Å². The molecule has 1 nitrogen and oxygen atoms in total. The zero-order chi connectivity index (χ0) is 13.3. The first kappa shape index (κ1) is 13.7. The van der Waals surface area contributed by atoms with Gasteiger partial charge in [0.05, 0.1) is 20.4 Å². The first-order valence-corrected chi connectivity index (χ1v) is 7.02. The second-order valence-corrected chi connectivity index (χ2v) is 6.36. The lowest BCUT2D eigenvalue weighted by molar-refractivity contribution is 0.626. The summed E-state index contributed by atoms with van der Waals surface area (Å²) >= 11 is 13.3. The Morgan fingerprint density at radius 2 is 2.06 bits per heavy atom. The molecule has 0 aliphatic carbocycles. The lowest BCUT2D eigenvalue weighted by Gasteiger charge is -2.17. The molecule has 2 aromatic rings. The van der Waals surface area contributed by atoms with Gasteiger partial charge in [0.15, 0.2) is 0 Å². The minimum atomic E-state index is -0.265. The third kappa shape index (κ3) is 2.79. The van der Waals surface area contributed by atoms with Crippen molar-refractivity contribution in [1.29, 1.82) is 0 Å². The second kappa shape index (κ2) is 5.47. The predicted octanol–water partition coefficient (Wildman–Crippen LogP) is 5.68. The molecule has 96 valence electrons. The van der Waals surface area contributed by atoms with Crippen LogP contribution < -0.4 is 5.32 Å². The number of aryl methyl sites for hydroxylation is 1. The molecule has 0 radical (unpaired) electrons. The van der Waals surface area contributed by atoms with Crippen LogP contribution in [0.2, 0.25) is 8.67 Å². The molecule has 2 rings (SSSR count). The van der Waals surface area contributed by atoms with Gasteiger partial charge in [-0.25, -0.2) is 4.39 Å².